The van der Waals surface area contributed by atoms with Crippen LogP contribution in [0.25, 0.3) is 156 Å². The SMILES string of the molecule is Cc1ccc(-n2c3ccc(-c4cccc(-c5cccc(-n6c(-c7ccccc7-c7ccc8c(c7)c7ccccc7n8-c7ccc(C)cc7)nc7ccccc76)c5)c4)cc3c3cc(-c4cccc(-c5nc6ccccc6n5-c5ccccc5)c4)ccc32)cc1. The maximum absolute atomic E-state index is 5.45. The van der Waals surface area contributed by atoms with Crippen molar-refractivity contribution in [2.75, 3.05) is 0 Å². The average Bonchev–Trinajstić information content (AvgIpc) is 1.92. The van der Waals surface area contributed by atoms with Gasteiger partial charge in [-0.2, -0.15) is 0 Å². The molecular formula is C82H56N6. The maximum atomic E-state index is 5.45. The fourth-order valence-electron chi connectivity index (χ4n) is 13.5. The minimum absolute atomic E-state index is 0.891. The maximum Gasteiger partial charge on any atom is 0.146 e. The summed E-state index contributed by atoms with van der Waals surface area (Å²) in [6.07, 6.45) is 0. The molecule has 0 aliphatic heterocycles. The first kappa shape index (κ1) is 50.9. The highest BCUT2D eigenvalue weighted by Gasteiger charge is 2.22. The molecule has 0 radical (unpaired) electrons. The van der Waals surface area contributed by atoms with Gasteiger partial charge < -0.3 is 9.13 Å². The number of rotatable bonds is 10. The van der Waals surface area contributed by atoms with Crippen LogP contribution >= 0.6 is 0 Å². The van der Waals surface area contributed by atoms with Gasteiger partial charge in [-0.05, 0) is 186 Å². The fraction of sp³-hybridized carbons (Fsp3) is 0.0244. The van der Waals surface area contributed by atoms with Gasteiger partial charge in [-0.15, -0.1) is 0 Å². The molecule has 4 heterocycles. The Balaban J connectivity index is 0.753. The van der Waals surface area contributed by atoms with Gasteiger partial charge in [-0.25, -0.2) is 9.97 Å². The molecular weight excluding hydrogens is 1070 g/mol. The summed E-state index contributed by atoms with van der Waals surface area (Å²) in [7, 11) is 0. The van der Waals surface area contributed by atoms with Gasteiger partial charge in [0.15, 0.2) is 0 Å². The Bertz CT molecular complexity index is 5580. The van der Waals surface area contributed by atoms with Gasteiger partial charge in [0.2, 0.25) is 0 Å². The molecule has 0 fully saturated rings. The number of aryl methyl sites for hydroxylation is 2. The minimum atomic E-state index is 0.891. The van der Waals surface area contributed by atoms with Crippen LogP contribution in [0.1, 0.15) is 11.1 Å². The van der Waals surface area contributed by atoms with Crippen molar-refractivity contribution in [1.29, 1.82) is 0 Å². The minimum Gasteiger partial charge on any atom is -0.309 e. The van der Waals surface area contributed by atoms with E-state index in [9.17, 15) is 0 Å². The molecule has 0 bridgehead atoms. The lowest BCUT2D eigenvalue weighted by Crippen LogP contribution is -1.99. The van der Waals surface area contributed by atoms with E-state index >= 15 is 0 Å². The molecule has 88 heavy (non-hydrogen) atoms. The molecule has 0 saturated carbocycles. The predicted molar refractivity (Wildman–Crippen MR) is 366 cm³/mol. The molecule has 0 N–H and O–H groups in total. The van der Waals surface area contributed by atoms with Crippen LogP contribution < -0.4 is 0 Å². The lowest BCUT2D eigenvalue weighted by Gasteiger charge is -2.15. The highest BCUT2D eigenvalue weighted by atomic mass is 15.1. The van der Waals surface area contributed by atoms with Crippen LogP contribution in [0.5, 0.6) is 0 Å². The lowest BCUT2D eigenvalue weighted by atomic mass is 9.96. The Hall–Kier alpha value is -11.6. The zero-order chi connectivity index (χ0) is 58.4. The van der Waals surface area contributed by atoms with E-state index in [-0.39, 0.29) is 0 Å². The summed E-state index contributed by atoms with van der Waals surface area (Å²) in [5.41, 5.74) is 26.8. The van der Waals surface area contributed by atoms with Gasteiger partial charge in [0.1, 0.15) is 11.6 Å². The standard InChI is InChI=1S/C82H56N6/c1-53-33-40-64(41-34-53)85-75-30-11-8-26-68(75)70-52-61(39-46-76(70)85)67-25-6-7-27-69(67)82-84-74-29-10-13-32-80(74)88(82)66-24-16-20-58(49-66)55-17-14-18-56(47-55)59-37-44-77-71(50-59)72-51-60(38-45-78(72)86(77)65-42-35-54(2)36-43-65)57-19-15-21-62(48-57)81-83-73-28-9-12-31-79(73)87(81)63-22-4-3-5-23-63/h3-52H,1-2H3. The number of hydrogen-bond acceptors (Lipinski definition) is 2. The van der Waals surface area contributed by atoms with Crippen molar-refractivity contribution in [3.05, 3.63) is 314 Å². The summed E-state index contributed by atoms with van der Waals surface area (Å²) < 4.78 is 9.41. The molecule has 6 nitrogen and oxygen atoms in total. The van der Waals surface area contributed by atoms with Gasteiger partial charge in [0.25, 0.3) is 0 Å². The third-order valence-corrected chi connectivity index (χ3v) is 17.7. The highest BCUT2D eigenvalue weighted by molar-refractivity contribution is 6.13. The van der Waals surface area contributed by atoms with E-state index in [1.807, 2.05) is 0 Å². The second-order valence-electron chi connectivity index (χ2n) is 23.2. The van der Waals surface area contributed by atoms with Crippen LogP contribution in [0.15, 0.2) is 303 Å². The molecule has 13 aromatic carbocycles. The van der Waals surface area contributed by atoms with Crippen molar-refractivity contribution >= 4 is 65.7 Å². The van der Waals surface area contributed by atoms with E-state index in [1.54, 1.807) is 0 Å². The Morgan fingerprint density at radius 2 is 0.602 bits per heavy atom. The largest absolute Gasteiger partial charge is 0.309 e. The van der Waals surface area contributed by atoms with Crippen LogP contribution in [0.3, 0.4) is 0 Å². The van der Waals surface area contributed by atoms with E-state index in [2.05, 4.69) is 335 Å². The van der Waals surface area contributed by atoms with Crippen molar-refractivity contribution in [2.45, 2.75) is 13.8 Å². The molecule has 0 saturated heterocycles. The van der Waals surface area contributed by atoms with Crippen LogP contribution in [-0.2, 0) is 0 Å². The molecule has 17 rings (SSSR count). The second-order valence-corrected chi connectivity index (χ2v) is 23.2. The Kier molecular flexibility index (Phi) is 11.9. The summed E-state index contributed by atoms with van der Waals surface area (Å²) >= 11 is 0. The van der Waals surface area contributed by atoms with E-state index in [4.69, 9.17) is 9.97 Å². The van der Waals surface area contributed by atoms with Crippen molar-refractivity contribution < 1.29 is 0 Å². The topological polar surface area (TPSA) is 45.5 Å². The first-order chi connectivity index (χ1) is 43.4. The molecule has 0 aliphatic rings. The van der Waals surface area contributed by atoms with Gasteiger partial charge in [0.05, 0.1) is 44.1 Å². The zero-order valence-electron chi connectivity index (χ0n) is 48.6. The second kappa shape index (κ2) is 20.6. The van der Waals surface area contributed by atoms with Gasteiger partial charge >= 0.3 is 0 Å². The van der Waals surface area contributed by atoms with Crippen LogP contribution in [-0.4, -0.2) is 28.2 Å². The summed E-state index contributed by atoms with van der Waals surface area (Å²) in [5, 5.41) is 4.82. The van der Waals surface area contributed by atoms with E-state index in [0.717, 1.165) is 123 Å². The van der Waals surface area contributed by atoms with Crippen LogP contribution in [0, 0.1) is 13.8 Å². The van der Waals surface area contributed by atoms with Crippen molar-refractivity contribution in [2.24, 2.45) is 0 Å². The first-order valence-corrected chi connectivity index (χ1v) is 30.1. The summed E-state index contributed by atoms with van der Waals surface area (Å²) in [6, 6.07) is 110. The molecule has 6 heteroatoms. The Labute approximate surface area is 509 Å². The smallest absolute Gasteiger partial charge is 0.146 e. The van der Waals surface area contributed by atoms with Crippen LogP contribution in [0.2, 0.25) is 0 Å². The number of benzene rings is 13. The quantitative estimate of drug-likeness (QED) is 0.137. The first-order valence-electron chi connectivity index (χ1n) is 30.1. The van der Waals surface area contributed by atoms with E-state index in [1.165, 1.54) is 43.7 Å². The van der Waals surface area contributed by atoms with Crippen molar-refractivity contribution in [1.82, 2.24) is 28.2 Å². The normalized spacial score (nSPS) is 11.8. The molecule has 17 aromatic rings. The Morgan fingerprint density at radius 3 is 1.20 bits per heavy atom. The predicted octanol–water partition coefficient (Wildman–Crippen LogP) is 21.2. The molecule has 0 atom stereocenters. The van der Waals surface area contributed by atoms with Crippen LogP contribution in [0.4, 0.5) is 0 Å². The summed E-state index contributed by atoms with van der Waals surface area (Å²) in [5.74, 6) is 1.80. The number of aromatic nitrogens is 6. The van der Waals surface area contributed by atoms with Crippen molar-refractivity contribution in [3.8, 4) is 90.0 Å². The van der Waals surface area contributed by atoms with Crippen molar-refractivity contribution in [3.63, 3.8) is 0 Å². The van der Waals surface area contributed by atoms with Gasteiger partial charge in [0, 0.05) is 55.4 Å². The number of hydrogen-bond donors (Lipinski definition) is 0. The zero-order valence-corrected chi connectivity index (χ0v) is 48.6. The molecule has 0 unspecified atom stereocenters. The third-order valence-electron chi connectivity index (χ3n) is 17.7. The molecule has 0 amide bonds. The molecule has 414 valence electrons. The average molecular weight is 1130 g/mol. The van der Waals surface area contributed by atoms with Gasteiger partial charge in [-0.3, -0.25) is 9.13 Å². The lowest BCUT2D eigenvalue weighted by molar-refractivity contribution is 1.10. The Morgan fingerprint density at radius 1 is 0.216 bits per heavy atom. The monoisotopic (exact) mass is 1120 g/mol. The number of imidazole rings is 2. The summed E-state index contributed by atoms with van der Waals surface area (Å²) in [4.78, 5) is 10.7. The third kappa shape index (κ3) is 8.48. The fourth-order valence-corrected chi connectivity index (χ4v) is 13.5. The number of para-hydroxylation sites is 6. The molecule has 4 aromatic heterocycles. The number of nitrogens with zero attached hydrogens (tertiary/aromatic N) is 6. The highest BCUT2D eigenvalue weighted by Crippen LogP contribution is 2.43. The van der Waals surface area contributed by atoms with Gasteiger partial charge in [-0.1, -0.05) is 187 Å². The van der Waals surface area contributed by atoms with E-state index < -0.39 is 0 Å². The summed E-state index contributed by atoms with van der Waals surface area (Å²) in [6.45, 7) is 4.29. The molecule has 0 aliphatic carbocycles. The molecule has 0 spiro atoms. The number of fused-ring (bicyclic) bond motifs is 8. The van der Waals surface area contributed by atoms with E-state index in [0.29, 0.717) is 0 Å².